The molecule has 1 aromatic carbocycles. The van der Waals surface area contributed by atoms with E-state index in [9.17, 15) is 12.8 Å². The van der Waals surface area contributed by atoms with E-state index in [0.29, 0.717) is 12.1 Å². The van der Waals surface area contributed by atoms with Gasteiger partial charge in [0.25, 0.3) is 0 Å². The summed E-state index contributed by atoms with van der Waals surface area (Å²) < 4.78 is 40.3. The Morgan fingerprint density at radius 1 is 1.44 bits per heavy atom. The van der Waals surface area contributed by atoms with E-state index in [1.54, 1.807) is 13.0 Å². The van der Waals surface area contributed by atoms with Crippen LogP contribution in [0.1, 0.15) is 18.4 Å². The number of nitrogens with one attached hydrogen (secondary N) is 2. The quantitative estimate of drug-likeness (QED) is 0.868. The fraction of sp³-hybridized carbons (Fsp3) is 0.500. The molecule has 2 N–H and O–H groups in total. The second kappa shape index (κ2) is 5.34. The van der Waals surface area contributed by atoms with Crippen LogP contribution in [0.5, 0.6) is 0 Å². The summed E-state index contributed by atoms with van der Waals surface area (Å²) in [5, 5.41) is 3.11. The molecule has 0 aromatic heterocycles. The second-order valence-electron chi connectivity index (χ2n) is 4.60. The molecule has 6 heteroatoms. The molecule has 4 nitrogen and oxygen atoms in total. The van der Waals surface area contributed by atoms with E-state index in [-0.39, 0.29) is 10.9 Å². The first kappa shape index (κ1) is 13.5. The maximum Gasteiger partial charge on any atom is 0.243 e. The average Bonchev–Trinajstić information content (AvgIpc) is 2.29. The average molecular weight is 272 g/mol. The highest BCUT2D eigenvalue weighted by Crippen LogP contribution is 2.16. The molecular formula is C12H17FN2O2S. The number of hydrogen-bond donors (Lipinski definition) is 2. The molecule has 18 heavy (non-hydrogen) atoms. The molecule has 1 aromatic rings. The van der Waals surface area contributed by atoms with Crippen LogP contribution in [-0.2, 0) is 10.0 Å². The lowest BCUT2D eigenvalue weighted by Crippen LogP contribution is -2.45. The van der Waals surface area contributed by atoms with Gasteiger partial charge in [0.05, 0.1) is 0 Å². The Balaban J connectivity index is 2.19. The van der Waals surface area contributed by atoms with Crippen molar-refractivity contribution in [2.75, 3.05) is 13.1 Å². The Bertz CT molecular complexity index is 525. The summed E-state index contributed by atoms with van der Waals surface area (Å²) in [5.74, 6) is -0.703. The minimum absolute atomic E-state index is 0.163. The van der Waals surface area contributed by atoms with Crippen LogP contribution in [0.2, 0.25) is 0 Å². The molecule has 1 aliphatic heterocycles. The molecule has 1 saturated heterocycles. The molecule has 1 atom stereocenters. The monoisotopic (exact) mass is 272 g/mol. The molecule has 2 rings (SSSR count). The fourth-order valence-electron chi connectivity index (χ4n) is 2.06. The van der Waals surface area contributed by atoms with Gasteiger partial charge in [0, 0.05) is 12.6 Å². The van der Waals surface area contributed by atoms with Crippen LogP contribution in [0.25, 0.3) is 0 Å². The summed E-state index contributed by atoms with van der Waals surface area (Å²) in [6, 6.07) is 3.97. The maximum absolute atomic E-state index is 13.7. The van der Waals surface area contributed by atoms with Gasteiger partial charge < -0.3 is 5.32 Å². The minimum Gasteiger partial charge on any atom is -0.315 e. The molecule has 0 bridgehead atoms. The van der Waals surface area contributed by atoms with Crippen LogP contribution < -0.4 is 10.0 Å². The summed E-state index contributed by atoms with van der Waals surface area (Å²) in [7, 11) is -3.77. The van der Waals surface area contributed by atoms with Crippen molar-refractivity contribution in [1.29, 1.82) is 0 Å². The van der Waals surface area contributed by atoms with Crippen molar-refractivity contribution in [3.63, 3.8) is 0 Å². The van der Waals surface area contributed by atoms with Crippen LogP contribution in [-0.4, -0.2) is 27.5 Å². The first-order chi connectivity index (χ1) is 8.49. The van der Waals surface area contributed by atoms with Gasteiger partial charge in [-0.1, -0.05) is 6.07 Å². The van der Waals surface area contributed by atoms with Gasteiger partial charge in [-0.05, 0) is 44.0 Å². The van der Waals surface area contributed by atoms with Gasteiger partial charge in [0.1, 0.15) is 10.7 Å². The Morgan fingerprint density at radius 2 is 2.22 bits per heavy atom. The maximum atomic E-state index is 13.7. The van der Waals surface area contributed by atoms with Crippen molar-refractivity contribution in [2.24, 2.45) is 0 Å². The van der Waals surface area contributed by atoms with Gasteiger partial charge in [-0.15, -0.1) is 0 Å². The fourth-order valence-corrected chi connectivity index (χ4v) is 3.39. The molecule has 1 fully saturated rings. The topological polar surface area (TPSA) is 58.2 Å². The summed E-state index contributed by atoms with van der Waals surface area (Å²) in [6.07, 6.45) is 1.70. The van der Waals surface area contributed by atoms with Crippen LogP contribution in [0.15, 0.2) is 23.1 Å². The predicted octanol–water partition coefficient (Wildman–Crippen LogP) is 1.16. The Labute approximate surface area is 107 Å². The summed E-state index contributed by atoms with van der Waals surface area (Å²) in [4.78, 5) is -0.279. The number of hydrogen-bond acceptors (Lipinski definition) is 3. The highest BCUT2D eigenvalue weighted by Gasteiger charge is 2.24. The summed E-state index contributed by atoms with van der Waals surface area (Å²) in [5.41, 5.74) is 0.700. The van der Waals surface area contributed by atoms with E-state index >= 15 is 0 Å². The molecule has 0 saturated carbocycles. The minimum atomic E-state index is -3.77. The highest BCUT2D eigenvalue weighted by molar-refractivity contribution is 7.89. The lowest BCUT2D eigenvalue weighted by molar-refractivity contribution is 0.427. The van der Waals surface area contributed by atoms with Gasteiger partial charge in [0.2, 0.25) is 10.0 Å². The molecular weight excluding hydrogens is 255 g/mol. The molecule has 0 spiro atoms. The van der Waals surface area contributed by atoms with Gasteiger partial charge in [-0.2, -0.15) is 0 Å². The lowest BCUT2D eigenvalue weighted by atomic mass is 10.1. The van der Waals surface area contributed by atoms with E-state index < -0.39 is 15.8 Å². The zero-order chi connectivity index (χ0) is 13.2. The van der Waals surface area contributed by atoms with E-state index in [4.69, 9.17) is 0 Å². The number of rotatable bonds is 3. The van der Waals surface area contributed by atoms with Crippen molar-refractivity contribution in [3.05, 3.63) is 29.6 Å². The van der Waals surface area contributed by atoms with Gasteiger partial charge in [-0.25, -0.2) is 17.5 Å². The van der Waals surface area contributed by atoms with Gasteiger partial charge >= 0.3 is 0 Å². The van der Waals surface area contributed by atoms with E-state index in [1.165, 1.54) is 12.1 Å². The van der Waals surface area contributed by atoms with Crippen molar-refractivity contribution in [3.8, 4) is 0 Å². The SMILES string of the molecule is Cc1ccc(S(=O)(=O)N[C@H]2CCCNC2)c(F)c1. The normalized spacial score (nSPS) is 20.9. The Kier molecular flexibility index (Phi) is 3.99. The van der Waals surface area contributed by atoms with Gasteiger partial charge in [-0.3, -0.25) is 0 Å². The molecule has 0 unspecified atom stereocenters. The molecule has 0 radical (unpaired) electrons. The molecule has 100 valence electrons. The largest absolute Gasteiger partial charge is 0.315 e. The number of aryl methyl sites for hydroxylation is 1. The first-order valence-electron chi connectivity index (χ1n) is 5.98. The zero-order valence-electron chi connectivity index (χ0n) is 10.2. The summed E-state index contributed by atoms with van der Waals surface area (Å²) in [6.45, 7) is 3.21. The highest BCUT2D eigenvalue weighted by atomic mass is 32.2. The van der Waals surface area contributed by atoms with Crippen molar-refractivity contribution in [1.82, 2.24) is 10.0 Å². The Morgan fingerprint density at radius 3 is 2.83 bits per heavy atom. The van der Waals surface area contributed by atoms with Crippen LogP contribution >= 0.6 is 0 Å². The van der Waals surface area contributed by atoms with Crippen LogP contribution in [0, 0.1) is 12.7 Å². The third kappa shape index (κ3) is 3.07. The number of sulfonamides is 1. The van der Waals surface area contributed by atoms with Gasteiger partial charge in [0.15, 0.2) is 0 Å². The van der Waals surface area contributed by atoms with Crippen LogP contribution in [0.4, 0.5) is 4.39 Å². The first-order valence-corrected chi connectivity index (χ1v) is 7.46. The summed E-state index contributed by atoms with van der Waals surface area (Å²) >= 11 is 0. The lowest BCUT2D eigenvalue weighted by Gasteiger charge is -2.23. The zero-order valence-corrected chi connectivity index (χ0v) is 11.1. The smallest absolute Gasteiger partial charge is 0.243 e. The Hall–Kier alpha value is -0.980. The molecule has 1 aliphatic rings. The number of halogens is 1. The standard InChI is InChI=1S/C12H17FN2O2S/c1-9-4-5-12(11(13)7-9)18(16,17)15-10-3-2-6-14-8-10/h4-5,7,10,14-15H,2-3,6,8H2,1H3/t10-/m0/s1. The van der Waals surface area contributed by atoms with Crippen LogP contribution in [0.3, 0.4) is 0 Å². The third-order valence-corrected chi connectivity index (χ3v) is 4.55. The van der Waals surface area contributed by atoms with E-state index in [0.717, 1.165) is 19.4 Å². The van der Waals surface area contributed by atoms with Crippen molar-refractivity contribution >= 4 is 10.0 Å². The molecule has 0 aliphatic carbocycles. The van der Waals surface area contributed by atoms with E-state index in [1.807, 2.05) is 0 Å². The number of piperidine rings is 1. The second-order valence-corrected chi connectivity index (χ2v) is 6.28. The molecule has 0 amide bonds. The number of benzene rings is 1. The van der Waals surface area contributed by atoms with E-state index in [2.05, 4.69) is 10.0 Å². The van der Waals surface area contributed by atoms with Crippen molar-refractivity contribution in [2.45, 2.75) is 30.7 Å². The predicted molar refractivity (Wildman–Crippen MR) is 67.4 cm³/mol. The van der Waals surface area contributed by atoms with Crippen molar-refractivity contribution < 1.29 is 12.8 Å². The third-order valence-electron chi connectivity index (χ3n) is 3.00. The molecule has 1 heterocycles.